The summed E-state index contributed by atoms with van der Waals surface area (Å²) < 4.78 is 49.9. The molecule has 0 aliphatic carbocycles. The van der Waals surface area contributed by atoms with Gasteiger partial charge >= 0.3 is 12.3 Å². The number of fused-ring (bicyclic) bond motifs is 1. The maximum atomic E-state index is 12.9. The molecule has 1 aromatic rings. The minimum Gasteiger partial charge on any atom is -0.399 e. The largest absolute Gasteiger partial charge is 0.399 e. The highest BCUT2D eigenvalue weighted by Gasteiger charge is 2.43. The third kappa shape index (κ3) is 2.52. The molecule has 1 aromatic carbocycles. The number of hydrogen-bond acceptors (Lipinski definition) is 2. The number of hydrogen-bond donors (Lipinski definition) is 1. The molecular weight excluding hydrogens is 236 g/mol. The molecule has 0 saturated carbocycles. The molecule has 1 aliphatic rings. The summed E-state index contributed by atoms with van der Waals surface area (Å²) >= 11 is 0. The molecule has 0 atom stereocenters. The summed E-state index contributed by atoms with van der Waals surface area (Å²) in [6, 6.07) is 5.11. The monoisotopic (exact) mass is 248 g/mol. The zero-order valence-corrected chi connectivity index (χ0v) is 8.97. The lowest BCUT2D eigenvalue weighted by molar-refractivity contribution is -0.143. The van der Waals surface area contributed by atoms with Gasteiger partial charge in [-0.05, 0) is 23.3 Å². The molecule has 0 spiro atoms. The summed E-state index contributed by atoms with van der Waals surface area (Å²) in [5.74, 6) is -3.96. The van der Waals surface area contributed by atoms with Crippen LogP contribution in [0.15, 0.2) is 18.2 Å². The van der Waals surface area contributed by atoms with Gasteiger partial charge in [-0.15, -0.1) is 0 Å². The summed E-state index contributed by atoms with van der Waals surface area (Å²) in [6.07, 6.45) is -3.63. The van der Waals surface area contributed by atoms with E-state index < -0.39 is 18.9 Å². The third-order valence-corrected chi connectivity index (χ3v) is 2.77. The second-order valence-corrected chi connectivity index (χ2v) is 4.24. The minimum absolute atomic E-state index is 0.239. The van der Waals surface area contributed by atoms with Gasteiger partial charge in [-0.2, -0.15) is 8.78 Å². The molecule has 0 aromatic heterocycles. The fourth-order valence-corrected chi connectivity index (χ4v) is 1.96. The highest BCUT2D eigenvalue weighted by Crippen LogP contribution is 2.30. The molecule has 0 fully saturated rings. The summed E-state index contributed by atoms with van der Waals surface area (Å²) in [7, 11) is 0. The van der Waals surface area contributed by atoms with Gasteiger partial charge in [0, 0.05) is 18.8 Å². The van der Waals surface area contributed by atoms with Crippen LogP contribution in [-0.2, 0) is 13.1 Å². The SMILES string of the molecule is Nc1ccc2c(c1)CN(CC(F)(F)C(F)F)C2. The standard InChI is InChI=1S/C11H12F4N2/c12-10(13)11(14,15)6-17-4-7-1-2-9(16)3-8(7)5-17/h1-3,10H,4-6,16H2. The van der Waals surface area contributed by atoms with Crippen molar-refractivity contribution in [3.63, 3.8) is 0 Å². The highest BCUT2D eigenvalue weighted by molar-refractivity contribution is 5.46. The van der Waals surface area contributed by atoms with Gasteiger partial charge in [0.05, 0.1) is 6.54 Å². The average molecular weight is 248 g/mol. The Labute approximate surface area is 96.0 Å². The molecule has 0 bridgehead atoms. The van der Waals surface area contributed by atoms with E-state index in [4.69, 9.17) is 5.73 Å². The van der Waals surface area contributed by atoms with Crippen LogP contribution < -0.4 is 5.73 Å². The van der Waals surface area contributed by atoms with E-state index in [9.17, 15) is 17.6 Å². The van der Waals surface area contributed by atoms with Crippen LogP contribution in [0.1, 0.15) is 11.1 Å². The van der Waals surface area contributed by atoms with Crippen molar-refractivity contribution in [1.29, 1.82) is 0 Å². The zero-order chi connectivity index (χ0) is 12.6. The van der Waals surface area contributed by atoms with Crippen LogP contribution in [0.4, 0.5) is 23.2 Å². The topological polar surface area (TPSA) is 29.3 Å². The molecule has 2 rings (SSSR count). The number of rotatable bonds is 3. The first kappa shape index (κ1) is 12.2. The van der Waals surface area contributed by atoms with Gasteiger partial charge in [-0.25, -0.2) is 8.78 Å². The van der Waals surface area contributed by atoms with Gasteiger partial charge in [0.1, 0.15) is 0 Å². The Morgan fingerprint density at radius 2 is 1.88 bits per heavy atom. The molecule has 94 valence electrons. The highest BCUT2D eigenvalue weighted by atomic mass is 19.3. The van der Waals surface area contributed by atoms with Crippen molar-refractivity contribution < 1.29 is 17.6 Å². The third-order valence-electron chi connectivity index (χ3n) is 2.77. The molecule has 0 unspecified atom stereocenters. The molecule has 6 heteroatoms. The zero-order valence-electron chi connectivity index (χ0n) is 8.97. The fraction of sp³-hybridized carbons (Fsp3) is 0.455. The smallest absolute Gasteiger partial charge is 0.319 e. The lowest BCUT2D eigenvalue weighted by Gasteiger charge is -2.22. The Balaban J connectivity index is 2.06. The van der Waals surface area contributed by atoms with Crippen molar-refractivity contribution in [2.45, 2.75) is 25.4 Å². The lowest BCUT2D eigenvalue weighted by Crippen LogP contribution is -2.39. The second-order valence-electron chi connectivity index (χ2n) is 4.24. The van der Waals surface area contributed by atoms with Crippen LogP contribution >= 0.6 is 0 Å². The van der Waals surface area contributed by atoms with Gasteiger partial charge in [-0.3, -0.25) is 4.90 Å². The molecule has 2 nitrogen and oxygen atoms in total. The van der Waals surface area contributed by atoms with Crippen molar-refractivity contribution in [3.05, 3.63) is 29.3 Å². The van der Waals surface area contributed by atoms with E-state index in [1.54, 1.807) is 18.2 Å². The summed E-state index contributed by atoms with van der Waals surface area (Å²) in [5, 5.41) is 0. The molecule has 0 radical (unpaired) electrons. The van der Waals surface area contributed by atoms with Gasteiger partial charge in [0.15, 0.2) is 0 Å². The van der Waals surface area contributed by atoms with Gasteiger partial charge < -0.3 is 5.73 Å². The number of nitrogens with zero attached hydrogens (tertiary/aromatic N) is 1. The van der Waals surface area contributed by atoms with Crippen LogP contribution in [0.2, 0.25) is 0 Å². The van der Waals surface area contributed by atoms with Crippen LogP contribution in [-0.4, -0.2) is 23.8 Å². The second kappa shape index (κ2) is 4.18. The molecule has 1 heterocycles. The number of nitrogen functional groups attached to an aromatic ring is 1. The van der Waals surface area contributed by atoms with E-state index in [1.807, 2.05) is 0 Å². The van der Waals surface area contributed by atoms with Crippen LogP contribution in [0.25, 0.3) is 0 Å². The van der Waals surface area contributed by atoms with E-state index in [2.05, 4.69) is 0 Å². The van der Waals surface area contributed by atoms with Crippen molar-refractivity contribution in [3.8, 4) is 0 Å². The van der Waals surface area contributed by atoms with E-state index in [-0.39, 0.29) is 13.1 Å². The Morgan fingerprint density at radius 3 is 2.53 bits per heavy atom. The predicted molar refractivity (Wildman–Crippen MR) is 55.9 cm³/mol. The molecule has 1 aliphatic heterocycles. The van der Waals surface area contributed by atoms with Crippen molar-refractivity contribution in [1.82, 2.24) is 4.90 Å². The number of anilines is 1. The van der Waals surface area contributed by atoms with Crippen LogP contribution in [0, 0.1) is 0 Å². The van der Waals surface area contributed by atoms with E-state index in [0.717, 1.165) is 11.1 Å². The van der Waals surface area contributed by atoms with E-state index in [0.29, 0.717) is 5.69 Å². The minimum atomic E-state index is -3.96. The van der Waals surface area contributed by atoms with Gasteiger partial charge in [-0.1, -0.05) is 6.07 Å². The number of alkyl halides is 4. The van der Waals surface area contributed by atoms with E-state index in [1.165, 1.54) is 4.90 Å². The molecule has 2 N–H and O–H groups in total. The quantitative estimate of drug-likeness (QED) is 0.657. The Bertz CT molecular complexity index is 420. The van der Waals surface area contributed by atoms with Gasteiger partial charge in [0.2, 0.25) is 0 Å². The van der Waals surface area contributed by atoms with Crippen molar-refractivity contribution in [2.75, 3.05) is 12.3 Å². The summed E-state index contributed by atoms with van der Waals surface area (Å²) in [6.45, 7) is -0.431. The summed E-state index contributed by atoms with van der Waals surface area (Å²) in [4.78, 5) is 1.30. The van der Waals surface area contributed by atoms with Gasteiger partial charge in [0.25, 0.3) is 0 Å². The first-order valence-corrected chi connectivity index (χ1v) is 5.14. The Hall–Kier alpha value is -1.30. The van der Waals surface area contributed by atoms with Crippen molar-refractivity contribution >= 4 is 5.69 Å². The van der Waals surface area contributed by atoms with E-state index >= 15 is 0 Å². The first-order valence-electron chi connectivity index (χ1n) is 5.14. The van der Waals surface area contributed by atoms with Crippen LogP contribution in [0.3, 0.4) is 0 Å². The molecule has 0 saturated heterocycles. The first-order chi connectivity index (χ1) is 7.88. The lowest BCUT2D eigenvalue weighted by atomic mass is 10.1. The number of nitrogens with two attached hydrogens (primary N) is 1. The van der Waals surface area contributed by atoms with Crippen molar-refractivity contribution in [2.24, 2.45) is 0 Å². The molecular formula is C11H12F4N2. The predicted octanol–water partition coefficient (Wildman–Crippen LogP) is 2.48. The van der Waals surface area contributed by atoms with Crippen LogP contribution in [0.5, 0.6) is 0 Å². The Morgan fingerprint density at radius 1 is 1.24 bits per heavy atom. The maximum Gasteiger partial charge on any atom is 0.319 e. The maximum absolute atomic E-state index is 12.9. The average Bonchev–Trinajstić information content (AvgIpc) is 2.57. The number of benzene rings is 1. The fourth-order valence-electron chi connectivity index (χ4n) is 1.96. The number of halogens is 4. The molecule has 17 heavy (non-hydrogen) atoms. The molecule has 0 amide bonds. The Kier molecular flexibility index (Phi) is 2.99. The summed E-state index contributed by atoms with van der Waals surface area (Å²) in [5.41, 5.74) is 7.81. The normalized spacial score (nSPS) is 16.5.